The van der Waals surface area contributed by atoms with Crippen molar-refractivity contribution in [2.24, 2.45) is 14.1 Å². The Morgan fingerprint density at radius 1 is 0.750 bits per heavy atom. The largest absolute Gasteiger partial charge is 0.376 e. The zero-order valence-electron chi connectivity index (χ0n) is 16.9. The first-order chi connectivity index (χ1) is 13.2. The summed E-state index contributed by atoms with van der Waals surface area (Å²) in [5.74, 6) is 0.792. The molecule has 0 bridgehead atoms. The maximum Gasteiger partial charge on any atom is 0.355 e. The van der Waals surface area contributed by atoms with Crippen molar-refractivity contribution in [3.05, 3.63) is 24.5 Å². The van der Waals surface area contributed by atoms with Gasteiger partial charge >= 0.3 is 23.2 Å². The molecule has 0 unspecified atom stereocenters. The third-order valence-corrected chi connectivity index (χ3v) is 4.23. The lowest BCUT2D eigenvalue weighted by Crippen LogP contribution is -2.30. The van der Waals surface area contributed by atoms with E-state index in [1.54, 1.807) is 30.8 Å². The topological polar surface area (TPSA) is 127 Å². The van der Waals surface area contributed by atoms with Crippen LogP contribution < -0.4 is 30.6 Å². The lowest BCUT2D eigenvalue weighted by atomic mass is 10.4. The van der Waals surface area contributed by atoms with Crippen molar-refractivity contribution in [2.75, 3.05) is 49.5 Å². The molecule has 0 saturated heterocycles. The summed E-state index contributed by atoms with van der Waals surface area (Å²) in [6.07, 6.45) is 3.51. The Kier molecular flexibility index (Phi) is 4.86. The van der Waals surface area contributed by atoms with E-state index in [9.17, 15) is 0 Å². The average Bonchev–Trinajstić information content (AvgIpc) is 3.10. The second-order valence-corrected chi connectivity index (χ2v) is 6.72. The third-order valence-electron chi connectivity index (χ3n) is 4.23. The van der Waals surface area contributed by atoms with Crippen LogP contribution in [0.25, 0.3) is 11.3 Å². The predicted molar refractivity (Wildman–Crippen MR) is 106 cm³/mol. The Morgan fingerprint density at radius 2 is 1.11 bits per heavy atom. The van der Waals surface area contributed by atoms with Crippen LogP contribution in [0.2, 0.25) is 0 Å². The van der Waals surface area contributed by atoms with Gasteiger partial charge in [-0.3, -0.25) is 0 Å². The minimum atomic E-state index is 0.396. The molecule has 4 rings (SSSR count). The fourth-order valence-corrected chi connectivity index (χ4v) is 2.61. The van der Waals surface area contributed by atoms with E-state index in [-0.39, 0.29) is 0 Å². The molecular weight excluding hydrogens is 360 g/mol. The van der Waals surface area contributed by atoms with Crippen LogP contribution >= 0.6 is 0 Å². The van der Waals surface area contributed by atoms with E-state index in [1.165, 1.54) is 0 Å². The fourth-order valence-electron chi connectivity index (χ4n) is 2.61. The quantitative estimate of drug-likeness (QED) is 0.395. The standard InChI is InChI=1S/2C8H13N6/c2*1-12(2)6-4-7-13(3)11-8(9)14(7)10-5-6/h2*4-5H,1-3H3,(H2,9,11)/q2*+1. The molecule has 0 aliphatic carbocycles. The maximum absolute atomic E-state index is 5.66. The molecule has 0 radical (unpaired) electrons. The Bertz CT molecular complexity index is 1030. The summed E-state index contributed by atoms with van der Waals surface area (Å²) in [7, 11) is 11.5. The van der Waals surface area contributed by atoms with Crippen molar-refractivity contribution in [3.63, 3.8) is 0 Å². The third kappa shape index (κ3) is 3.43. The number of nitrogens with two attached hydrogens (primary N) is 2. The van der Waals surface area contributed by atoms with Gasteiger partial charge in [0.25, 0.3) is 0 Å². The first-order valence-electron chi connectivity index (χ1n) is 8.55. The number of fused-ring (bicyclic) bond motifs is 2. The minimum Gasteiger partial charge on any atom is -0.376 e. The fraction of sp³-hybridized carbons (Fsp3) is 0.375. The molecule has 148 valence electrons. The van der Waals surface area contributed by atoms with Gasteiger partial charge in [-0.25, -0.2) is 0 Å². The van der Waals surface area contributed by atoms with E-state index in [2.05, 4.69) is 20.4 Å². The number of nitrogens with zero attached hydrogens (tertiary/aromatic N) is 10. The Hall–Kier alpha value is -3.70. The van der Waals surface area contributed by atoms with Gasteiger partial charge in [-0.05, 0) is 10.2 Å². The van der Waals surface area contributed by atoms with Crippen LogP contribution in [-0.2, 0) is 14.1 Å². The summed E-state index contributed by atoms with van der Waals surface area (Å²) in [6, 6.07) is 3.96. The van der Waals surface area contributed by atoms with Crippen LogP contribution in [-0.4, -0.2) is 57.6 Å². The highest BCUT2D eigenvalue weighted by atomic mass is 15.5. The molecule has 28 heavy (non-hydrogen) atoms. The van der Waals surface area contributed by atoms with Crippen molar-refractivity contribution >= 4 is 34.6 Å². The zero-order chi connectivity index (χ0) is 20.6. The number of hydrogen-bond acceptors (Lipinski definition) is 8. The summed E-state index contributed by atoms with van der Waals surface area (Å²) in [5, 5.41) is 16.5. The van der Waals surface area contributed by atoms with Crippen LogP contribution in [0.5, 0.6) is 0 Å². The molecule has 4 aromatic heterocycles. The summed E-state index contributed by atoms with van der Waals surface area (Å²) >= 11 is 0. The molecule has 0 spiro atoms. The van der Waals surface area contributed by atoms with E-state index in [4.69, 9.17) is 11.5 Å². The smallest absolute Gasteiger partial charge is 0.355 e. The van der Waals surface area contributed by atoms with Gasteiger partial charge in [0.1, 0.15) is 14.1 Å². The SMILES string of the molecule is CN(C)c1cnn2c(N)n[n+](C)c2c1.CN(C)c1cnn2c(N)n[n+](C)c2c1. The highest BCUT2D eigenvalue weighted by molar-refractivity contribution is 5.52. The van der Waals surface area contributed by atoms with Gasteiger partial charge in [0.15, 0.2) is 0 Å². The molecule has 12 nitrogen and oxygen atoms in total. The second-order valence-electron chi connectivity index (χ2n) is 6.72. The van der Waals surface area contributed by atoms with E-state index in [0.717, 1.165) is 22.7 Å². The summed E-state index contributed by atoms with van der Waals surface area (Å²) < 4.78 is 6.62. The normalized spacial score (nSPS) is 10.8. The van der Waals surface area contributed by atoms with E-state index in [1.807, 2.05) is 64.2 Å². The Morgan fingerprint density at radius 3 is 1.43 bits per heavy atom. The van der Waals surface area contributed by atoms with E-state index < -0.39 is 0 Å². The molecule has 4 aromatic rings. The van der Waals surface area contributed by atoms with Crippen molar-refractivity contribution < 1.29 is 9.36 Å². The molecule has 4 heterocycles. The van der Waals surface area contributed by atoms with E-state index in [0.29, 0.717) is 11.9 Å². The molecule has 0 aliphatic heterocycles. The van der Waals surface area contributed by atoms with Crippen LogP contribution in [0.4, 0.5) is 23.3 Å². The van der Waals surface area contributed by atoms with Crippen LogP contribution in [0.15, 0.2) is 24.5 Å². The summed E-state index contributed by atoms with van der Waals surface area (Å²) in [6.45, 7) is 0. The summed E-state index contributed by atoms with van der Waals surface area (Å²) in [5.41, 5.74) is 15.1. The predicted octanol–water partition coefficient (Wildman–Crippen LogP) is -1.60. The van der Waals surface area contributed by atoms with Gasteiger partial charge < -0.3 is 21.3 Å². The molecule has 12 heteroatoms. The molecule has 0 aromatic carbocycles. The summed E-state index contributed by atoms with van der Waals surface area (Å²) in [4.78, 5) is 3.96. The van der Waals surface area contributed by atoms with Crippen LogP contribution in [0, 0.1) is 0 Å². The van der Waals surface area contributed by atoms with Gasteiger partial charge in [-0.1, -0.05) is 19.2 Å². The molecule has 0 aliphatic rings. The van der Waals surface area contributed by atoms with Gasteiger partial charge in [0.2, 0.25) is 0 Å². The molecule has 4 N–H and O–H groups in total. The highest BCUT2D eigenvalue weighted by Gasteiger charge is 2.17. The van der Waals surface area contributed by atoms with Crippen molar-refractivity contribution in [1.82, 2.24) is 29.4 Å². The van der Waals surface area contributed by atoms with Gasteiger partial charge in [-0.2, -0.15) is 0 Å². The van der Waals surface area contributed by atoms with E-state index >= 15 is 0 Å². The Balaban J connectivity index is 0.000000161. The van der Waals surface area contributed by atoms with Crippen molar-refractivity contribution in [3.8, 4) is 0 Å². The lowest BCUT2D eigenvalue weighted by Gasteiger charge is -2.09. The number of hydrogen-bond donors (Lipinski definition) is 2. The van der Waals surface area contributed by atoms with Crippen molar-refractivity contribution in [1.29, 1.82) is 0 Å². The van der Waals surface area contributed by atoms with Crippen molar-refractivity contribution in [2.45, 2.75) is 0 Å². The van der Waals surface area contributed by atoms with Crippen LogP contribution in [0.1, 0.15) is 0 Å². The average molecular weight is 386 g/mol. The number of nitrogen functional groups attached to an aromatic ring is 2. The zero-order valence-corrected chi connectivity index (χ0v) is 16.9. The molecular formula is C16H26N12+2. The maximum atomic E-state index is 5.66. The van der Waals surface area contributed by atoms with Gasteiger partial charge in [0.05, 0.1) is 35.9 Å². The molecule has 0 amide bonds. The second kappa shape index (κ2) is 7.13. The molecule has 0 atom stereocenters. The van der Waals surface area contributed by atoms with Gasteiger partial charge in [0, 0.05) is 28.2 Å². The number of aromatic nitrogens is 8. The minimum absolute atomic E-state index is 0.396. The monoisotopic (exact) mass is 386 g/mol. The number of anilines is 4. The van der Waals surface area contributed by atoms with Crippen LogP contribution in [0.3, 0.4) is 0 Å². The number of rotatable bonds is 2. The first kappa shape index (κ1) is 19.1. The van der Waals surface area contributed by atoms with Gasteiger partial charge in [-0.15, -0.1) is 9.36 Å². The highest BCUT2D eigenvalue weighted by Crippen LogP contribution is 2.12. The lowest BCUT2D eigenvalue weighted by molar-refractivity contribution is -0.703. The Labute approximate surface area is 162 Å². The first-order valence-corrected chi connectivity index (χ1v) is 8.55. The number of aryl methyl sites for hydroxylation is 2. The molecule has 0 saturated carbocycles. The molecule has 0 fully saturated rings.